The van der Waals surface area contributed by atoms with Gasteiger partial charge in [0.15, 0.2) is 0 Å². The molecule has 0 aromatic carbocycles. The van der Waals surface area contributed by atoms with Crippen LogP contribution < -0.4 is 5.32 Å². The zero-order valence-electron chi connectivity index (χ0n) is 10.3. The van der Waals surface area contributed by atoms with Crippen molar-refractivity contribution >= 4 is 0 Å². The summed E-state index contributed by atoms with van der Waals surface area (Å²) in [6.07, 6.45) is 10.2. The molecule has 0 aromatic heterocycles. The van der Waals surface area contributed by atoms with Crippen molar-refractivity contribution in [2.45, 2.75) is 40.0 Å². The molecular weight excluding hydrogens is 182 g/mol. The topological polar surface area (TPSA) is 12.0 Å². The molecule has 0 radical (unpaired) electrons. The number of hydrogen-bond donors (Lipinski definition) is 1. The van der Waals surface area contributed by atoms with Crippen molar-refractivity contribution in [3.8, 4) is 0 Å². The number of rotatable bonds is 3. The molecule has 1 heteroatoms. The number of nitrogens with one attached hydrogen (secondary N) is 1. The van der Waals surface area contributed by atoms with E-state index in [-0.39, 0.29) is 0 Å². The largest absolute Gasteiger partial charge is 0.316 e. The summed E-state index contributed by atoms with van der Waals surface area (Å²) in [5, 5.41) is 3.46. The third kappa shape index (κ3) is 4.05. The highest BCUT2D eigenvalue weighted by Gasteiger charge is 2.07. The Morgan fingerprint density at radius 3 is 2.73 bits per heavy atom. The lowest BCUT2D eigenvalue weighted by Crippen LogP contribution is -2.14. The number of allylic oxidation sites excluding steroid dienone is 4. The minimum Gasteiger partial charge on any atom is -0.316 e. The highest BCUT2D eigenvalue weighted by molar-refractivity contribution is 5.33. The van der Waals surface area contributed by atoms with Crippen molar-refractivity contribution < 1.29 is 0 Å². The fourth-order valence-electron chi connectivity index (χ4n) is 2.09. The fourth-order valence-corrected chi connectivity index (χ4v) is 2.09. The van der Waals surface area contributed by atoms with Gasteiger partial charge in [0, 0.05) is 0 Å². The maximum atomic E-state index is 3.46. The van der Waals surface area contributed by atoms with E-state index in [1.807, 2.05) is 0 Å². The molecule has 0 amide bonds. The average Bonchev–Trinajstić information content (AvgIpc) is 2.43. The molecule has 0 aliphatic carbocycles. The minimum atomic E-state index is 1.12. The summed E-state index contributed by atoms with van der Waals surface area (Å²) in [6.45, 7) is 8.78. The van der Waals surface area contributed by atoms with Crippen molar-refractivity contribution in [2.75, 3.05) is 13.1 Å². The summed E-state index contributed by atoms with van der Waals surface area (Å²) < 4.78 is 0. The van der Waals surface area contributed by atoms with Gasteiger partial charge >= 0.3 is 0 Å². The second-order valence-electron chi connectivity index (χ2n) is 4.12. The molecule has 84 valence electrons. The normalized spacial score (nSPS) is 19.8. The monoisotopic (exact) mass is 205 g/mol. The van der Waals surface area contributed by atoms with Gasteiger partial charge in [0.25, 0.3) is 0 Å². The molecule has 0 bridgehead atoms. The standard InChI is InChI=1S/C14H23N/c1-4-6-12(3)11-14-8-10-15-9-7-13(14)5-2/h4,6,11,15H,5,7-10H2,1-3H3/b6-4-,12-11-. The zero-order chi connectivity index (χ0) is 11.1. The molecule has 0 spiro atoms. The van der Waals surface area contributed by atoms with Crippen molar-refractivity contribution in [3.63, 3.8) is 0 Å². The lowest BCUT2D eigenvalue weighted by Gasteiger charge is -2.07. The van der Waals surface area contributed by atoms with Gasteiger partial charge < -0.3 is 5.32 Å². The fraction of sp³-hybridized carbons (Fsp3) is 0.571. The van der Waals surface area contributed by atoms with Crippen LogP contribution in [0.2, 0.25) is 0 Å². The quantitative estimate of drug-likeness (QED) is 0.694. The van der Waals surface area contributed by atoms with Crippen LogP contribution in [0.25, 0.3) is 0 Å². The molecule has 0 unspecified atom stereocenters. The van der Waals surface area contributed by atoms with Crippen LogP contribution in [-0.2, 0) is 0 Å². The van der Waals surface area contributed by atoms with Crippen LogP contribution in [0.15, 0.2) is 34.9 Å². The Kier molecular flexibility index (Phi) is 5.41. The maximum absolute atomic E-state index is 3.46. The molecule has 1 heterocycles. The molecule has 1 nitrogen and oxygen atoms in total. The van der Waals surface area contributed by atoms with E-state index in [0.717, 1.165) is 13.1 Å². The van der Waals surface area contributed by atoms with E-state index in [2.05, 4.69) is 44.3 Å². The first-order chi connectivity index (χ1) is 7.27. The first kappa shape index (κ1) is 12.3. The average molecular weight is 205 g/mol. The second kappa shape index (κ2) is 6.62. The molecule has 15 heavy (non-hydrogen) atoms. The number of hydrogen-bond acceptors (Lipinski definition) is 1. The van der Waals surface area contributed by atoms with Crippen LogP contribution in [0.1, 0.15) is 40.0 Å². The second-order valence-corrected chi connectivity index (χ2v) is 4.12. The van der Waals surface area contributed by atoms with Crippen LogP contribution in [0.3, 0.4) is 0 Å². The predicted octanol–water partition coefficient (Wildman–Crippen LogP) is 3.60. The first-order valence-electron chi connectivity index (χ1n) is 6.00. The van der Waals surface area contributed by atoms with E-state index in [1.54, 1.807) is 11.1 Å². The molecular formula is C14H23N. The highest BCUT2D eigenvalue weighted by Crippen LogP contribution is 2.20. The van der Waals surface area contributed by atoms with Gasteiger partial charge in [-0.1, -0.05) is 36.3 Å². The maximum Gasteiger partial charge on any atom is -0.000824 e. The highest BCUT2D eigenvalue weighted by atomic mass is 14.8. The Balaban J connectivity index is 2.86. The molecule has 1 N–H and O–H groups in total. The molecule has 1 rings (SSSR count). The van der Waals surface area contributed by atoms with Gasteiger partial charge in [-0.25, -0.2) is 0 Å². The van der Waals surface area contributed by atoms with E-state index in [4.69, 9.17) is 0 Å². The Morgan fingerprint density at radius 2 is 2.07 bits per heavy atom. The Hall–Kier alpha value is -0.820. The summed E-state index contributed by atoms with van der Waals surface area (Å²) in [7, 11) is 0. The van der Waals surface area contributed by atoms with Gasteiger partial charge in [0.1, 0.15) is 0 Å². The lowest BCUT2D eigenvalue weighted by atomic mass is 9.99. The molecule has 0 saturated heterocycles. The van der Waals surface area contributed by atoms with Crippen molar-refractivity contribution in [1.29, 1.82) is 0 Å². The van der Waals surface area contributed by atoms with Gasteiger partial charge in [-0.2, -0.15) is 0 Å². The van der Waals surface area contributed by atoms with Gasteiger partial charge in [-0.3, -0.25) is 0 Å². The Labute approximate surface area is 94.0 Å². The van der Waals surface area contributed by atoms with E-state index in [1.165, 1.54) is 24.8 Å². The van der Waals surface area contributed by atoms with Crippen molar-refractivity contribution in [3.05, 3.63) is 34.9 Å². The van der Waals surface area contributed by atoms with Crippen molar-refractivity contribution in [2.24, 2.45) is 0 Å². The van der Waals surface area contributed by atoms with Crippen molar-refractivity contribution in [1.82, 2.24) is 5.32 Å². The Morgan fingerprint density at radius 1 is 1.33 bits per heavy atom. The third-order valence-corrected chi connectivity index (χ3v) is 2.89. The summed E-state index contributed by atoms with van der Waals surface area (Å²) in [4.78, 5) is 0. The molecule has 0 saturated carbocycles. The summed E-state index contributed by atoms with van der Waals surface area (Å²) in [5.41, 5.74) is 4.54. The zero-order valence-corrected chi connectivity index (χ0v) is 10.3. The van der Waals surface area contributed by atoms with Crippen LogP contribution in [0, 0.1) is 0 Å². The van der Waals surface area contributed by atoms with Crippen LogP contribution >= 0.6 is 0 Å². The molecule has 0 atom stereocenters. The molecule has 0 fully saturated rings. The van der Waals surface area contributed by atoms with Crippen LogP contribution in [-0.4, -0.2) is 13.1 Å². The third-order valence-electron chi connectivity index (χ3n) is 2.89. The minimum absolute atomic E-state index is 1.12. The summed E-state index contributed by atoms with van der Waals surface area (Å²) in [5.74, 6) is 0. The van der Waals surface area contributed by atoms with Crippen LogP contribution in [0.5, 0.6) is 0 Å². The van der Waals surface area contributed by atoms with E-state index in [9.17, 15) is 0 Å². The Bertz CT molecular complexity index is 282. The lowest BCUT2D eigenvalue weighted by molar-refractivity contribution is 0.704. The van der Waals surface area contributed by atoms with Gasteiger partial charge in [0.2, 0.25) is 0 Å². The van der Waals surface area contributed by atoms with E-state index in [0.29, 0.717) is 0 Å². The van der Waals surface area contributed by atoms with Gasteiger partial charge in [-0.15, -0.1) is 0 Å². The SMILES string of the molecule is C/C=C\C(C)=C/C1=C(CC)CCNCC1. The first-order valence-corrected chi connectivity index (χ1v) is 6.00. The summed E-state index contributed by atoms with van der Waals surface area (Å²) >= 11 is 0. The molecule has 0 aromatic rings. The van der Waals surface area contributed by atoms with Crippen LogP contribution in [0.4, 0.5) is 0 Å². The smallest absolute Gasteiger partial charge is 0.000824 e. The molecule has 1 aliphatic rings. The predicted molar refractivity (Wildman–Crippen MR) is 68.0 cm³/mol. The van der Waals surface area contributed by atoms with E-state index >= 15 is 0 Å². The summed E-state index contributed by atoms with van der Waals surface area (Å²) in [6, 6.07) is 0. The molecule has 1 aliphatic heterocycles. The van der Waals surface area contributed by atoms with E-state index < -0.39 is 0 Å². The van der Waals surface area contributed by atoms with Gasteiger partial charge in [0.05, 0.1) is 0 Å². The van der Waals surface area contributed by atoms with Gasteiger partial charge in [-0.05, 0) is 51.8 Å².